The summed E-state index contributed by atoms with van der Waals surface area (Å²) in [7, 11) is 0. The van der Waals surface area contributed by atoms with E-state index in [-0.39, 0.29) is 5.97 Å². The van der Waals surface area contributed by atoms with Crippen LogP contribution in [0.5, 0.6) is 5.75 Å². The minimum absolute atomic E-state index is 0.341. The third kappa shape index (κ3) is 4.91. The van der Waals surface area contributed by atoms with Gasteiger partial charge in [-0.05, 0) is 38.0 Å². The van der Waals surface area contributed by atoms with Crippen LogP contribution in [-0.2, 0) is 9.53 Å². The van der Waals surface area contributed by atoms with Crippen molar-refractivity contribution in [2.75, 3.05) is 6.61 Å². The molecule has 0 aliphatic carbocycles. The van der Waals surface area contributed by atoms with Gasteiger partial charge in [0.25, 0.3) is 0 Å². The zero-order valence-corrected chi connectivity index (χ0v) is 11.8. The van der Waals surface area contributed by atoms with Gasteiger partial charge >= 0.3 is 5.97 Å². The summed E-state index contributed by atoms with van der Waals surface area (Å²) < 4.78 is 10.7. The van der Waals surface area contributed by atoms with E-state index in [4.69, 9.17) is 9.47 Å². The Balaban J connectivity index is 2.78. The first-order chi connectivity index (χ1) is 9.08. The summed E-state index contributed by atoms with van der Waals surface area (Å²) in [5.74, 6) is 0.233. The molecule has 19 heavy (non-hydrogen) atoms. The van der Waals surface area contributed by atoms with E-state index in [0.29, 0.717) is 18.8 Å². The fourth-order valence-electron chi connectivity index (χ4n) is 1.73. The summed E-state index contributed by atoms with van der Waals surface area (Å²) >= 11 is 0. The second-order valence-corrected chi connectivity index (χ2v) is 4.40. The van der Waals surface area contributed by atoms with Gasteiger partial charge in [0.1, 0.15) is 5.75 Å². The van der Waals surface area contributed by atoms with Crippen molar-refractivity contribution >= 4 is 5.97 Å². The quantitative estimate of drug-likeness (QED) is 0.771. The topological polar surface area (TPSA) is 55.8 Å². The lowest BCUT2D eigenvalue weighted by Gasteiger charge is -2.17. The molecular weight excluding hydrogens is 244 g/mol. The highest BCUT2D eigenvalue weighted by atomic mass is 16.6. The van der Waals surface area contributed by atoms with E-state index >= 15 is 0 Å². The van der Waals surface area contributed by atoms with Gasteiger partial charge < -0.3 is 14.6 Å². The van der Waals surface area contributed by atoms with Gasteiger partial charge in [0, 0.05) is 0 Å². The van der Waals surface area contributed by atoms with Gasteiger partial charge in [0.15, 0.2) is 6.10 Å². The van der Waals surface area contributed by atoms with Crippen LogP contribution in [0.3, 0.4) is 0 Å². The highest BCUT2D eigenvalue weighted by Gasteiger charge is 2.21. The molecule has 0 heterocycles. The maximum atomic E-state index is 11.8. The van der Waals surface area contributed by atoms with Crippen molar-refractivity contribution in [2.45, 2.75) is 45.8 Å². The number of aliphatic hydroxyl groups is 1. The molecule has 0 fully saturated rings. The van der Waals surface area contributed by atoms with Crippen molar-refractivity contribution in [1.29, 1.82) is 0 Å². The Morgan fingerprint density at radius 1 is 1.37 bits per heavy atom. The van der Waals surface area contributed by atoms with Crippen LogP contribution in [0.2, 0.25) is 0 Å². The van der Waals surface area contributed by atoms with Crippen LogP contribution in [0.4, 0.5) is 0 Å². The molecule has 4 nitrogen and oxygen atoms in total. The number of rotatable bonds is 7. The van der Waals surface area contributed by atoms with Gasteiger partial charge in [0.2, 0.25) is 0 Å². The van der Waals surface area contributed by atoms with E-state index in [1.165, 1.54) is 0 Å². The highest BCUT2D eigenvalue weighted by molar-refractivity contribution is 5.75. The van der Waals surface area contributed by atoms with E-state index in [2.05, 4.69) is 0 Å². The predicted molar refractivity (Wildman–Crippen MR) is 73.0 cm³/mol. The molecule has 0 amide bonds. The van der Waals surface area contributed by atoms with Crippen LogP contribution < -0.4 is 4.74 Å². The Labute approximate surface area is 114 Å². The minimum atomic E-state index is -0.589. The molecule has 0 bridgehead atoms. The van der Waals surface area contributed by atoms with Gasteiger partial charge in [-0.3, -0.25) is 0 Å². The molecule has 1 rings (SSSR count). The maximum Gasteiger partial charge on any atom is 0.347 e. The minimum Gasteiger partial charge on any atom is -0.479 e. The third-order valence-corrected chi connectivity index (χ3v) is 2.72. The van der Waals surface area contributed by atoms with Gasteiger partial charge in [0.05, 0.1) is 12.7 Å². The summed E-state index contributed by atoms with van der Waals surface area (Å²) in [5.41, 5.74) is 0.761. The summed E-state index contributed by atoms with van der Waals surface area (Å²) in [5, 5.41) is 9.53. The van der Waals surface area contributed by atoms with Crippen LogP contribution in [0.1, 0.15) is 45.3 Å². The molecule has 0 aliphatic heterocycles. The molecule has 1 aromatic rings. The molecule has 2 atom stereocenters. The Morgan fingerprint density at radius 3 is 2.68 bits per heavy atom. The van der Waals surface area contributed by atoms with Crippen LogP contribution in [-0.4, -0.2) is 23.8 Å². The number of hydrogen-bond acceptors (Lipinski definition) is 4. The van der Waals surface area contributed by atoms with E-state index in [0.717, 1.165) is 12.0 Å². The summed E-state index contributed by atoms with van der Waals surface area (Å²) in [6.45, 7) is 5.79. The molecule has 0 spiro atoms. The second kappa shape index (κ2) is 7.79. The zero-order chi connectivity index (χ0) is 14.3. The molecule has 1 N–H and O–H groups in total. The standard InChI is InChI=1S/C15H22O4/c1-4-7-14(15(17)18-5-2)19-13-9-6-8-12(10-13)11(3)16/h6,8-11,14,16H,4-5,7H2,1-3H3/t11-,14?/m0/s1. The van der Waals surface area contributed by atoms with Crippen LogP contribution in [0.25, 0.3) is 0 Å². The predicted octanol–water partition coefficient (Wildman–Crippen LogP) is 2.85. The Hall–Kier alpha value is -1.55. The number of carbonyl (C=O) groups is 1. The lowest BCUT2D eigenvalue weighted by molar-refractivity contribution is -0.151. The van der Waals surface area contributed by atoms with Gasteiger partial charge in [-0.1, -0.05) is 25.5 Å². The van der Waals surface area contributed by atoms with Crippen molar-refractivity contribution < 1.29 is 19.4 Å². The molecule has 0 saturated carbocycles. The Morgan fingerprint density at radius 2 is 2.11 bits per heavy atom. The molecular formula is C15H22O4. The van der Waals surface area contributed by atoms with Crippen molar-refractivity contribution in [1.82, 2.24) is 0 Å². The highest BCUT2D eigenvalue weighted by Crippen LogP contribution is 2.21. The average molecular weight is 266 g/mol. The third-order valence-electron chi connectivity index (χ3n) is 2.72. The van der Waals surface area contributed by atoms with Crippen molar-refractivity contribution in [3.05, 3.63) is 29.8 Å². The molecule has 4 heteroatoms. The fourth-order valence-corrected chi connectivity index (χ4v) is 1.73. The lowest BCUT2D eigenvalue weighted by Crippen LogP contribution is -2.29. The molecule has 0 saturated heterocycles. The van der Waals surface area contributed by atoms with Crippen molar-refractivity contribution in [2.24, 2.45) is 0 Å². The Kier molecular flexibility index (Phi) is 6.36. The van der Waals surface area contributed by atoms with Crippen molar-refractivity contribution in [3.63, 3.8) is 0 Å². The first kappa shape index (κ1) is 15.5. The van der Waals surface area contributed by atoms with E-state index in [1.54, 1.807) is 32.0 Å². The molecule has 1 aromatic carbocycles. The van der Waals surface area contributed by atoms with Gasteiger partial charge in [-0.15, -0.1) is 0 Å². The van der Waals surface area contributed by atoms with Crippen LogP contribution in [0, 0.1) is 0 Å². The van der Waals surface area contributed by atoms with Crippen LogP contribution in [0.15, 0.2) is 24.3 Å². The number of benzene rings is 1. The summed E-state index contributed by atoms with van der Waals surface area (Å²) in [4.78, 5) is 11.8. The van der Waals surface area contributed by atoms with Crippen molar-refractivity contribution in [3.8, 4) is 5.75 Å². The number of ether oxygens (including phenoxy) is 2. The number of hydrogen-bond donors (Lipinski definition) is 1. The van der Waals surface area contributed by atoms with Crippen LogP contribution >= 0.6 is 0 Å². The zero-order valence-electron chi connectivity index (χ0n) is 11.8. The average Bonchev–Trinajstić information content (AvgIpc) is 2.39. The smallest absolute Gasteiger partial charge is 0.347 e. The fraction of sp³-hybridized carbons (Fsp3) is 0.533. The van der Waals surface area contributed by atoms with E-state index in [1.807, 2.05) is 13.0 Å². The maximum absolute atomic E-state index is 11.8. The first-order valence-electron chi connectivity index (χ1n) is 6.69. The van der Waals surface area contributed by atoms with Gasteiger partial charge in [-0.25, -0.2) is 4.79 Å². The Bertz CT molecular complexity index is 401. The summed E-state index contributed by atoms with van der Waals surface area (Å²) in [6, 6.07) is 7.13. The van der Waals surface area contributed by atoms with E-state index < -0.39 is 12.2 Å². The lowest BCUT2D eigenvalue weighted by atomic mass is 10.1. The SMILES string of the molecule is CCCC(Oc1cccc([C@H](C)O)c1)C(=O)OCC. The normalized spacial score (nSPS) is 13.7. The monoisotopic (exact) mass is 266 g/mol. The largest absolute Gasteiger partial charge is 0.479 e. The molecule has 106 valence electrons. The first-order valence-corrected chi connectivity index (χ1v) is 6.69. The van der Waals surface area contributed by atoms with Gasteiger partial charge in [-0.2, -0.15) is 0 Å². The second-order valence-electron chi connectivity index (χ2n) is 4.40. The molecule has 0 radical (unpaired) electrons. The molecule has 0 aromatic heterocycles. The molecule has 0 aliphatic rings. The number of aliphatic hydroxyl groups excluding tert-OH is 1. The molecule has 1 unspecified atom stereocenters. The summed E-state index contributed by atoms with van der Waals surface area (Å²) in [6.07, 6.45) is 0.294. The van der Waals surface area contributed by atoms with E-state index in [9.17, 15) is 9.90 Å². The number of esters is 1. The number of carbonyl (C=O) groups excluding carboxylic acids is 1.